The standard InChI is InChI=1S/C18H23N3O2/c22-18(19-10-4-8-15-6-2-1-3-7-15)20-12-17-13-21-11-5-9-16(21)14-23-17/h1-3,6-7,16-17H,5,9-14H2,(H2,19,20,22)/t16-,17+/m1/s1. The minimum Gasteiger partial charge on any atom is -0.373 e. The maximum absolute atomic E-state index is 11.8. The average Bonchev–Trinajstić information content (AvgIpc) is 3.05. The molecule has 0 aromatic heterocycles. The number of amides is 2. The van der Waals surface area contributed by atoms with Crippen LogP contribution in [0.5, 0.6) is 0 Å². The van der Waals surface area contributed by atoms with Gasteiger partial charge in [-0.1, -0.05) is 30.0 Å². The highest BCUT2D eigenvalue weighted by atomic mass is 16.5. The summed E-state index contributed by atoms with van der Waals surface area (Å²) in [4.78, 5) is 14.2. The summed E-state index contributed by atoms with van der Waals surface area (Å²) in [5, 5.41) is 5.61. The molecule has 0 aliphatic carbocycles. The van der Waals surface area contributed by atoms with E-state index in [4.69, 9.17) is 4.74 Å². The predicted octanol–water partition coefficient (Wildman–Crippen LogP) is 1.20. The molecule has 0 unspecified atom stereocenters. The molecule has 23 heavy (non-hydrogen) atoms. The maximum atomic E-state index is 11.8. The molecular formula is C18H23N3O2. The van der Waals surface area contributed by atoms with E-state index in [1.807, 2.05) is 30.3 Å². The van der Waals surface area contributed by atoms with E-state index in [9.17, 15) is 4.79 Å². The fourth-order valence-corrected chi connectivity index (χ4v) is 3.07. The molecule has 1 aromatic carbocycles. The van der Waals surface area contributed by atoms with Gasteiger partial charge < -0.3 is 15.4 Å². The van der Waals surface area contributed by atoms with Crippen molar-refractivity contribution < 1.29 is 9.53 Å². The lowest BCUT2D eigenvalue weighted by Crippen LogP contribution is -2.51. The highest BCUT2D eigenvalue weighted by Gasteiger charge is 2.32. The molecule has 2 amide bonds. The summed E-state index contributed by atoms with van der Waals surface area (Å²) in [7, 11) is 0. The Morgan fingerprint density at radius 3 is 3.04 bits per heavy atom. The zero-order valence-electron chi connectivity index (χ0n) is 13.3. The SMILES string of the molecule is O=C(NCC#Cc1ccccc1)NC[C@H]1CN2CCC[C@@H]2CO1. The fraction of sp³-hybridized carbons (Fsp3) is 0.500. The van der Waals surface area contributed by atoms with Crippen LogP contribution in [0.25, 0.3) is 0 Å². The van der Waals surface area contributed by atoms with Crippen molar-refractivity contribution in [1.82, 2.24) is 15.5 Å². The number of nitrogens with one attached hydrogen (secondary N) is 2. The molecule has 2 heterocycles. The van der Waals surface area contributed by atoms with E-state index in [0.717, 1.165) is 25.3 Å². The number of urea groups is 1. The van der Waals surface area contributed by atoms with Crippen LogP contribution in [0.15, 0.2) is 30.3 Å². The monoisotopic (exact) mass is 313 g/mol. The molecule has 5 heteroatoms. The van der Waals surface area contributed by atoms with Crippen LogP contribution in [0.2, 0.25) is 0 Å². The van der Waals surface area contributed by atoms with Crippen LogP contribution in [0.3, 0.4) is 0 Å². The van der Waals surface area contributed by atoms with Gasteiger partial charge in [0, 0.05) is 24.7 Å². The molecule has 0 bridgehead atoms. The first kappa shape index (κ1) is 15.9. The number of nitrogens with zero attached hydrogens (tertiary/aromatic N) is 1. The summed E-state index contributed by atoms with van der Waals surface area (Å²) in [5.41, 5.74) is 0.950. The van der Waals surface area contributed by atoms with Gasteiger partial charge in [-0.2, -0.15) is 0 Å². The molecule has 3 rings (SSSR count). The molecule has 0 spiro atoms. The third-order valence-corrected chi connectivity index (χ3v) is 4.30. The van der Waals surface area contributed by atoms with Crippen LogP contribution in [-0.4, -0.2) is 55.9 Å². The van der Waals surface area contributed by atoms with Gasteiger partial charge in [0.1, 0.15) is 0 Å². The first-order valence-electron chi connectivity index (χ1n) is 8.22. The summed E-state index contributed by atoms with van der Waals surface area (Å²) in [6.07, 6.45) is 2.58. The maximum Gasteiger partial charge on any atom is 0.315 e. The van der Waals surface area contributed by atoms with Crippen molar-refractivity contribution in [2.75, 3.05) is 32.8 Å². The number of morpholine rings is 1. The molecule has 2 fully saturated rings. The third-order valence-electron chi connectivity index (χ3n) is 4.30. The Hall–Kier alpha value is -2.03. The largest absolute Gasteiger partial charge is 0.373 e. The minimum atomic E-state index is -0.195. The topological polar surface area (TPSA) is 53.6 Å². The van der Waals surface area contributed by atoms with Gasteiger partial charge in [0.2, 0.25) is 0 Å². The van der Waals surface area contributed by atoms with Crippen molar-refractivity contribution in [1.29, 1.82) is 0 Å². The number of rotatable bonds is 3. The quantitative estimate of drug-likeness (QED) is 0.825. The van der Waals surface area contributed by atoms with Gasteiger partial charge in [-0.15, -0.1) is 0 Å². The summed E-state index contributed by atoms with van der Waals surface area (Å²) in [6.45, 7) is 3.74. The van der Waals surface area contributed by atoms with E-state index < -0.39 is 0 Å². The number of hydrogen-bond donors (Lipinski definition) is 2. The van der Waals surface area contributed by atoms with Gasteiger partial charge in [-0.25, -0.2) is 4.79 Å². The van der Waals surface area contributed by atoms with Crippen molar-refractivity contribution in [2.45, 2.75) is 25.0 Å². The number of hydrogen-bond acceptors (Lipinski definition) is 3. The second-order valence-electron chi connectivity index (χ2n) is 5.98. The number of benzene rings is 1. The number of carbonyl (C=O) groups excluding carboxylic acids is 1. The Morgan fingerprint density at radius 1 is 1.30 bits per heavy atom. The number of fused-ring (bicyclic) bond motifs is 1. The van der Waals surface area contributed by atoms with Gasteiger partial charge in [-0.3, -0.25) is 4.90 Å². The van der Waals surface area contributed by atoms with Crippen molar-refractivity contribution >= 4 is 6.03 Å². The van der Waals surface area contributed by atoms with Crippen LogP contribution >= 0.6 is 0 Å². The second kappa shape index (κ2) is 8.00. The van der Waals surface area contributed by atoms with Crippen LogP contribution in [-0.2, 0) is 4.74 Å². The Labute approximate surface area is 137 Å². The van der Waals surface area contributed by atoms with Crippen LogP contribution < -0.4 is 10.6 Å². The molecule has 2 atom stereocenters. The van der Waals surface area contributed by atoms with Gasteiger partial charge in [0.25, 0.3) is 0 Å². The molecule has 1 aromatic rings. The summed E-state index contributed by atoms with van der Waals surface area (Å²) < 4.78 is 5.81. The van der Waals surface area contributed by atoms with E-state index in [-0.39, 0.29) is 12.1 Å². The van der Waals surface area contributed by atoms with Crippen LogP contribution in [0.1, 0.15) is 18.4 Å². The van der Waals surface area contributed by atoms with Crippen molar-refractivity contribution in [3.63, 3.8) is 0 Å². The van der Waals surface area contributed by atoms with E-state index in [1.54, 1.807) is 0 Å². The first-order valence-corrected chi connectivity index (χ1v) is 8.22. The molecule has 2 aliphatic rings. The molecular weight excluding hydrogens is 290 g/mol. The Morgan fingerprint density at radius 2 is 2.17 bits per heavy atom. The smallest absolute Gasteiger partial charge is 0.315 e. The zero-order chi connectivity index (χ0) is 15.9. The van der Waals surface area contributed by atoms with Crippen molar-refractivity contribution in [2.24, 2.45) is 0 Å². The third kappa shape index (κ3) is 4.72. The Kier molecular flexibility index (Phi) is 5.51. The van der Waals surface area contributed by atoms with Crippen molar-refractivity contribution in [3.05, 3.63) is 35.9 Å². The highest BCUT2D eigenvalue weighted by Crippen LogP contribution is 2.22. The zero-order valence-corrected chi connectivity index (χ0v) is 13.3. The fourth-order valence-electron chi connectivity index (χ4n) is 3.07. The number of ether oxygens (including phenoxy) is 1. The van der Waals surface area contributed by atoms with Crippen LogP contribution in [0.4, 0.5) is 4.79 Å². The molecule has 0 radical (unpaired) electrons. The highest BCUT2D eigenvalue weighted by molar-refractivity contribution is 5.74. The first-order chi connectivity index (χ1) is 11.3. The lowest BCUT2D eigenvalue weighted by molar-refractivity contribution is -0.0457. The van der Waals surface area contributed by atoms with Crippen molar-refractivity contribution in [3.8, 4) is 11.8 Å². The Bertz CT molecular complexity index is 579. The van der Waals surface area contributed by atoms with Gasteiger partial charge in [0.05, 0.1) is 19.3 Å². The molecule has 2 N–H and O–H groups in total. The lowest BCUT2D eigenvalue weighted by Gasteiger charge is -2.35. The normalized spacial score (nSPS) is 23.5. The summed E-state index contributed by atoms with van der Waals surface area (Å²) in [6, 6.07) is 10.1. The van der Waals surface area contributed by atoms with E-state index >= 15 is 0 Å². The van der Waals surface area contributed by atoms with E-state index in [0.29, 0.717) is 19.1 Å². The minimum absolute atomic E-state index is 0.0884. The molecule has 0 saturated carbocycles. The van der Waals surface area contributed by atoms with Gasteiger partial charge in [0.15, 0.2) is 0 Å². The van der Waals surface area contributed by atoms with E-state index in [1.165, 1.54) is 12.8 Å². The van der Waals surface area contributed by atoms with Crippen LogP contribution in [0, 0.1) is 11.8 Å². The second-order valence-corrected chi connectivity index (χ2v) is 5.98. The summed E-state index contributed by atoms with van der Waals surface area (Å²) in [5.74, 6) is 5.95. The molecule has 5 nitrogen and oxygen atoms in total. The summed E-state index contributed by atoms with van der Waals surface area (Å²) >= 11 is 0. The van der Waals surface area contributed by atoms with Gasteiger partial charge >= 0.3 is 6.03 Å². The predicted molar refractivity (Wildman–Crippen MR) is 89.1 cm³/mol. The lowest BCUT2D eigenvalue weighted by atomic mass is 10.2. The number of carbonyl (C=O) groups is 1. The average molecular weight is 313 g/mol. The Balaban J connectivity index is 1.33. The van der Waals surface area contributed by atoms with E-state index in [2.05, 4.69) is 27.4 Å². The molecule has 122 valence electrons. The molecule has 2 aliphatic heterocycles. The van der Waals surface area contributed by atoms with Gasteiger partial charge in [-0.05, 0) is 31.5 Å². The molecule has 2 saturated heterocycles.